The summed E-state index contributed by atoms with van der Waals surface area (Å²) >= 11 is 0. The van der Waals surface area contributed by atoms with Crippen LogP contribution in [0.2, 0.25) is 0 Å². The molecule has 2 saturated carbocycles. The third kappa shape index (κ3) is 6.46. The molecule has 1 amide bonds. The van der Waals surface area contributed by atoms with Crippen molar-refractivity contribution in [2.24, 2.45) is 29.6 Å². The second kappa shape index (κ2) is 11.5. The summed E-state index contributed by atoms with van der Waals surface area (Å²) < 4.78 is 5.59. The number of ether oxygens (including phenoxy) is 1. The number of benzene rings is 2. The van der Waals surface area contributed by atoms with Gasteiger partial charge in [0.25, 0.3) is 5.91 Å². The summed E-state index contributed by atoms with van der Waals surface area (Å²) in [6, 6.07) is 19.3. The lowest BCUT2D eigenvalue weighted by molar-refractivity contribution is -0.147. The van der Waals surface area contributed by atoms with Crippen molar-refractivity contribution in [3.63, 3.8) is 0 Å². The van der Waals surface area contributed by atoms with E-state index in [2.05, 4.69) is 12.2 Å². The molecule has 0 saturated heterocycles. The van der Waals surface area contributed by atoms with Crippen molar-refractivity contribution in [1.82, 2.24) is 5.32 Å². The topological polar surface area (TPSA) is 55.4 Å². The first-order valence-electron chi connectivity index (χ1n) is 12.6. The molecule has 2 aliphatic carbocycles. The molecule has 176 valence electrons. The van der Waals surface area contributed by atoms with E-state index < -0.39 is 0 Å². The molecule has 0 aromatic heterocycles. The maximum Gasteiger partial charge on any atom is 0.306 e. The largest absolute Gasteiger partial charge is 0.461 e. The first-order chi connectivity index (χ1) is 16.1. The van der Waals surface area contributed by atoms with Gasteiger partial charge in [-0.2, -0.15) is 0 Å². The first-order valence-corrected chi connectivity index (χ1v) is 12.6. The summed E-state index contributed by atoms with van der Waals surface area (Å²) in [6.45, 7) is 3.27. The van der Waals surface area contributed by atoms with Crippen molar-refractivity contribution in [1.29, 1.82) is 0 Å². The van der Waals surface area contributed by atoms with Crippen molar-refractivity contribution < 1.29 is 14.3 Å². The molecule has 2 fully saturated rings. The van der Waals surface area contributed by atoms with Gasteiger partial charge in [0, 0.05) is 18.5 Å². The summed E-state index contributed by atoms with van der Waals surface area (Å²) in [5.74, 6) is 2.80. The van der Waals surface area contributed by atoms with Crippen LogP contribution in [-0.2, 0) is 16.1 Å². The Hall–Kier alpha value is -2.62. The van der Waals surface area contributed by atoms with Gasteiger partial charge >= 0.3 is 5.97 Å². The van der Waals surface area contributed by atoms with Crippen LogP contribution in [0.3, 0.4) is 0 Å². The number of rotatable bonds is 9. The van der Waals surface area contributed by atoms with Crippen LogP contribution >= 0.6 is 0 Å². The minimum Gasteiger partial charge on any atom is -0.461 e. The van der Waals surface area contributed by atoms with Gasteiger partial charge in [0.1, 0.15) is 6.61 Å². The SMILES string of the molecule is CC(CC(=O)OCc1ccccc1)C1C2CCCC(C2)CC1CCNC(=O)c1ccccc1. The number of carbonyl (C=O) groups excluding carboxylic acids is 2. The molecule has 4 rings (SSSR count). The Kier molecular flexibility index (Phi) is 8.20. The van der Waals surface area contributed by atoms with Crippen molar-refractivity contribution in [2.75, 3.05) is 6.54 Å². The molecular weight excluding hydrogens is 410 g/mol. The Labute approximate surface area is 198 Å². The van der Waals surface area contributed by atoms with Crippen molar-refractivity contribution in [2.45, 2.75) is 58.5 Å². The van der Waals surface area contributed by atoms with Gasteiger partial charge in [-0.05, 0) is 66.5 Å². The molecule has 33 heavy (non-hydrogen) atoms. The number of esters is 1. The third-order valence-electron chi connectivity index (χ3n) is 7.77. The molecule has 2 aromatic carbocycles. The average Bonchev–Trinajstić information content (AvgIpc) is 2.84. The zero-order chi connectivity index (χ0) is 23.0. The van der Waals surface area contributed by atoms with Crippen molar-refractivity contribution >= 4 is 11.9 Å². The number of fused-ring (bicyclic) bond motifs is 2. The van der Waals surface area contributed by atoms with Gasteiger partial charge < -0.3 is 10.1 Å². The standard InChI is InChI=1S/C29H37NO3/c1-21(17-27(31)33-20-22-9-4-2-5-10-22)28-25-14-8-11-23(18-25)19-26(28)15-16-30-29(32)24-12-6-3-7-13-24/h2-7,9-10,12-13,21,23,25-26,28H,8,11,14-20H2,1H3,(H,30,32). The van der Waals surface area contributed by atoms with Gasteiger partial charge in [-0.15, -0.1) is 0 Å². The van der Waals surface area contributed by atoms with Gasteiger partial charge in [-0.25, -0.2) is 0 Å². The lowest BCUT2D eigenvalue weighted by atomic mass is 9.58. The predicted molar refractivity (Wildman–Crippen MR) is 130 cm³/mol. The van der Waals surface area contributed by atoms with Crippen LogP contribution in [-0.4, -0.2) is 18.4 Å². The molecule has 5 atom stereocenters. The minimum absolute atomic E-state index is 0.000641. The van der Waals surface area contributed by atoms with E-state index in [-0.39, 0.29) is 11.9 Å². The van der Waals surface area contributed by atoms with E-state index in [0.717, 1.165) is 17.9 Å². The molecule has 2 bridgehead atoms. The Morgan fingerprint density at radius 1 is 1.00 bits per heavy atom. The van der Waals surface area contributed by atoms with Crippen LogP contribution in [0.15, 0.2) is 60.7 Å². The molecule has 0 spiro atoms. The van der Waals surface area contributed by atoms with Crippen LogP contribution in [0.25, 0.3) is 0 Å². The lowest BCUT2D eigenvalue weighted by Gasteiger charge is -2.48. The molecule has 2 aromatic rings. The van der Waals surface area contributed by atoms with Crippen LogP contribution in [0, 0.1) is 29.6 Å². The fraction of sp³-hybridized carbons (Fsp3) is 0.517. The molecule has 0 aliphatic heterocycles. The quantitative estimate of drug-likeness (QED) is 0.478. The van der Waals surface area contributed by atoms with Gasteiger partial charge in [-0.1, -0.05) is 74.7 Å². The molecule has 5 unspecified atom stereocenters. The smallest absolute Gasteiger partial charge is 0.306 e. The summed E-state index contributed by atoms with van der Waals surface area (Å²) in [5.41, 5.74) is 1.74. The van der Waals surface area contributed by atoms with Crippen molar-refractivity contribution in [3.05, 3.63) is 71.8 Å². The van der Waals surface area contributed by atoms with E-state index >= 15 is 0 Å². The lowest BCUT2D eigenvalue weighted by Crippen LogP contribution is -2.41. The fourth-order valence-corrected chi connectivity index (χ4v) is 6.36. The van der Waals surface area contributed by atoms with Crippen molar-refractivity contribution in [3.8, 4) is 0 Å². The van der Waals surface area contributed by atoms with E-state index in [0.29, 0.717) is 48.8 Å². The Morgan fingerprint density at radius 3 is 2.48 bits per heavy atom. The average molecular weight is 448 g/mol. The monoisotopic (exact) mass is 447 g/mol. The molecule has 2 aliphatic rings. The minimum atomic E-state index is -0.0968. The molecule has 4 heteroatoms. The molecular formula is C29H37NO3. The number of nitrogens with one attached hydrogen (secondary N) is 1. The molecule has 0 radical (unpaired) electrons. The van der Waals surface area contributed by atoms with E-state index in [1.165, 1.54) is 32.1 Å². The maximum absolute atomic E-state index is 12.6. The van der Waals surface area contributed by atoms with Gasteiger partial charge in [0.05, 0.1) is 0 Å². The van der Waals surface area contributed by atoms with Crippen LogP contribution in [0.5, 0.6) is 0 Å². The highest BCUT2D eigenvalue weighted by Crippen LogP contribution is 2.50. The van der Waals surface area contributed by atoms with E-state index in [1.54, 1.807) is 0 Å². The highest BCUT2D eigenvalue weighted by atomic mass is 16.5. The normalized spacial score (nSPS) is 25.1. The van der Waals surface area contributed by atoms with E-state index in [9.17, 15) is 9.59 Å². The second-order valence-electron chi connectivity index (χ2n) is 10.1. The third-order valence-corrected chi connectivity index (χ3v) is 7.77. The van der Waals surface area contributed by atoms with Crippen LogP contribution in [0.4, 0.5) is 0 Å². The van der Waals surface area contributed by atoms with E-state index in [4.69, 9.17) is 4.74 Å². The van der Waals surface area contributed by atoms with Gasteiger partial charge in [0.15, 0.2) is 0 Å². The number of hydrogen-bond acceptors (Lipinski definition) is 3. The Balaban J connectivity index is 1.32. The van der Waals surface area contributed by atoms with Gasteiger partial charge in [0.2, 0.25) is 0 Å². The van der Waals surface area contributed by atoms with E-state index in [1.807, 2.05) is 60.7 Å². The summed E-state index contributed by atoms with van der Waals surface area (Å²) in [7, 11) is 0. The number of carbonyl (C=O) groups is 2. The Bertz CT molecular complexity index is 898. The second-order valence-corrected chi connectivity index (χ2v) is 10.1. The summed E-state index contributed by atoms with van der Waals surface area (Å²) in [5, 5.41) is 3.12. The fourth-order valence-electron chi connectivity index (χ4n) is 6.36. The predicted octanol–water partition coefficient (Wildman–Crippen LogP) is 6.02. The highest BCUT2D eigenvalue weighted by Gasteiger charge is 2.42. The number of hydrogen-bond donors (Lipinski definition) is 1. The van der Waals surface area contributed by atoms with Crippen LogP contribution in [0.1, 0.15) is 67.8 Å². The number of amides is 1. The van der Waals surface area contributed by atoms with Gasteiger partial charge in [-0.3, -0.25) is 9.59 Å². The molecule has 4 nitrogen and oxygen atoms in total. The molecule has 1 N–H and O–H groups in total. The summed E-state index contributed by atoms with van der Waals surface area (Å²) in [4.78, 5) is 25.1. The Morgan fingerprint density at radius 2 is 1.73 bits per heavy atom. The highest BCUT2D eigenvalue weighted by molar-refractivity contribution is 5.94. The first kappa shape index (κ1) is 23.5. The zero-order valence-electron chi connectivity index (χ0n) is 19.7. The van der Waals surface area contributed by atoms with Crippen LogP contribution < -0.4 is 5.32 Å². The zero-order valence-corrected chi connectivity index (χ0v) is 19.7. The molecule has 0 heterocycles. The summed E-state index contributed by atoms with van der Waals surface area (Å²) in [6.07, 6.45) is 7.92. The maximum atomic E-state index is 12.6.